The molecule has 6 heteroatoms. The van der Waals surface area contributed by atoms with Crippen molar-refractivity contribution in [2.75, 3.05) is 32.7 Å². The number of likely N-dealkylation sites (tertiary alicyclic amines) is 1. The Hall–Kier alpha value is -0.340. The van der Waals surface area contributed by atoms with Gasteiger partial charge in [0.25, 0.3) is 0 Å². The summed E-state index contributed by atoms with van der Waals surface area (Å²) in [5.41, 5.74) is 1.40. The lowest BCUT2D eigenvalue weighted by Crippen LogP contribution is -2.41. The van der Waals surface area contributed by atoms with Crippen molar-refractivity contribution >= 4 is 41.3 Å². The van der Waals surface area contributed by atoms with Gasteiger partial charge in [-0.15, -0.1) is 24.0 Å². The molecule has 1 aromatic heterocycles. The molecule has 4 nitrogen and oxygen atoms in total. The van der Waals surface area contributed by atoms with Crippen molar-refractivity contribution in [3.05, 3.63) is 22.4 Å². The smallest absolute Gasteiger partial charge is 0.191 e. The number of guanidine groups is 1. The number of aliphatic imine (C=N–C) groups is 1. The Labute approximate surface area is 168 Å². The van der Waals surface area contributed by atoms with Gasteiger partial charge < -0.3 is 10.6 Å². The van der Waals surface area contributed by atoms with Crippen LogP contribution in [0.15, 0.2) is 21.8 Å². The third-order valence-corrected chi connectivity index (χ3v) is 5.32. The maximum atomic E-state index is 4.84. The van der Waals surface area contributed by atoms with E-state index in [4.69, 9.17) is 4.99 Å². The van der Waals surface area contributed by atoms with Crippen molar-refractivity contribution in [3.63, 3.8) is 0 Å². The molecule has 1 aliphatic rings. The van der Waals surface area contributed by atoms with E-state index in [-0.39, 0.29) is 24.0 Å². The van der Waals surface area contributed by atoms with E-state index >= 15 is 0 Å². The van der Waals surface area contributed by atoms with Gasteiger partial charge in [0.15, 0.2) is 5.96 Å². The van der Waals surface area contributed by atoms with Gasteiger partial charge in [0.1, 0.15) is 0 Å². The van der Waals surface area contributed by atoms with E-state index in [9.17, 15) is 0 Å². The lowest BCUT2D eigenvalue weighted by Gasteiger charge is -2.25. The zero-order valence-corrected chi connectivity index (χ0v) is 18.4. The minimum Gasteiger partial charge on any atom is -0.357 e. The first-order valence-electron chi connectivity index (χ1n) is 9.02. The molecule has 0 bridgehead atoms. The fourth-order valence-corrected chi connectivity index (χ4v) is 3.85. The Morgan fingerprint density at radius 2 is 2.04 bits per heavy atom. The SMILES string of the molecule is CCNC(=NCC(CC)N1CCCC1)NCC(C)c1ccsc1.I. The first kappa shape index (κ1) is 21.7. The molecular formula is C18H33IN4S. The van der Waals surface area contributed by atoms with Crippen LogP contribution in [0.5, 0.6) is 0 Å². The quantitative estimate of drug-likeness (QED) is 0.348. The highest BCUT2D eigenvalue weighted by Gasteiger charge is 2.20. The minimum absolute atomic E-state index is 0. The highest BCUT2D eigenvalue weighted by Crippen LogP contribution is 2.17. The molecule has 1 saturated heterocycles. The summed E-state index contributed by atoms with van der Waals surface area (Å²) in [6.45, 7) is 11.9. The monoisotopic (exact) mass is 464 g/mol. The van der Waals surface area contributed by atoms with Crippen molar-refractivity contribution < 1.29 is 0 Å². The number of rotatable bonds is 8. The average molecular weight is 464 g/mol. The molecule has 2 N–H and O–H groups in total. The Bertz CT molecular complexity index is 458. The lowest BCUT2D eigenvalue weighted by atomic mass is 10.1. The first-order chi connectivity index (χ1) is 11.2. The van der Waals surface area contributed by atoms with E-state index in [0.717, 1.165) is 25.6 Å². The molecule has 2 unspecified atom stereocenters. The third kappa shape index (κ3) is 6.88. The summed E-state index contributed by atoms with van der Waals surface area (Å²) in [6.07, 6.45) is 3.86. The predicted octanol–water partition coefficient (Wildman–Crippen LogP) is 3.90. The standard InChI is InChI=1S/C18H32N4S.HI/c1-4-17(22-9-6-7-10-22)13-21-18(19-5-2)20-12-15(3)16-8-11-23-14-16;/h8,11,14-15,17H,4-7,9-10,12-13H2,1-3H3,(H2,19,20,21);1H. The molecule has 1 aliphatic heterocycles. The summed E-state index contributed by atoms with van der Waals surface area (Å²) < 4.78 is 0. The molecule has 0 aromatic carbocycles. The largest absolute Gasteiger partial charge is 0.357 e. The van der Waals surface area contributed by atoms with Crippen molar-refractivity contribution in [3.8, 4) is 0 Å². The normalized spacial score (nSPS) is 18.0. The van der Waals surface area contributed by atoms with Crippen LogP contribution in [-0.2, 0) is 0 Å². The van der Waals surface area contributed by atoms with Gasteiger partial charge >= 0.3 is 0 Å². The third-order valence-electron chi connectivity index (χ3n) is 4.62. The summed E-state index contributed by atoms with van der Waals surface area (Å²) in [5, 5.41) is 11.3. The van der Waals surface area contributed by atoms with E-state index < -0.39 is 0 Å². The van der Waals surface area contributed by atoms with Gasteiger partial charge in [-0.25, -0.2) is 0 Å². The fourth-order valence-electron chi connectivity index (χ4n) is 3.07. The summed E-state index contributed by atoms with van der Waals surface area (Å²) in [7, 11) is 0. The number of nitrogens with one attached hydrogen (secondary N) is 2. The van der Waals surface area contributed by atoms with Gasteiger partial charge in [-0.2, -0.15) is 11.3 Å². The van der Waals surface area contributed by atoms with Gasteiger partial charge in [-0.1, -0.05) is 13.8 Å². The predicted molar refractivity (Wildman–Crippen MR) is 117 cm³/mol. The molecule has 2 rings (SSSR count). The zero-order chi connectivity index (χ0) is 16.5. The van der Waals surface area contributed by atoms with Crippen LogP contribution in [0.2, 0.25) is 0 Å². The molecule has 1 fully saturated rings. The molecule has 0 spiro atoms. The maximum absolute atomic E-state index is 4.84. The molecule has 24 heavy (non-hydrogen) atoms. The van der Waals surface area contributed by atoms with E-state index in [2.05, 4.69) is 53.1 Å². The van der Waals surface area contributed by atoms with Crippen molar-refractivity contribution in [1.82, 2.24) is 15.5 Å². The second kappa shape index (κ2) is 12.1. The number of hydrogen-bond donors (Lipinski definition) is 2. The second-order valence-electron chi connectivity index (χ2n) is 6.36. The summed E-state index contributed by atoms with van der Waals surface area (Å²) in [6, 6.07) is 2.80. The maximum Gasteiger partial charge on any atom is 0.191 e. The van der Waals surface area contributed by atoms with Gasteiger partial charge in [-0.3, -0.25) is 9.89 Å². The zero-order valence-electron chi connectivity index (χ0n) is 15.3. The summed E-state index contributed by atoms with van der Waals surface area (Å²) in [4.78, 5) is 7.44. The number of nitrogens with zero attached hydrogens (tertiary/aromatic N) is 2. The van der Waals surface area contributed by atoms with Crippen LogP contribution in [0.1, 0.15) is 51.5 Å². The van der Waals surface area contributed by atoms with Crippen molar-refractivity contribution in [2.45, 2.75) is 52.0 Å². The molecule has 0 saturated carbocycles. The topological polar surface area (TPSA) is 39.7 Å². The number of thiophene rings is 1. The Morgan fingerprint density at radius 3 is 2.62 bits per heavy atom. The van der Waals surface area contributed by atoms with Gasteiger partial charge in [0.2, 0.25) is 0 Å². The second-order valence-corrected chi connectivity index (χ2v) is 7.14. The van der Waals surface area contributed by atoms with Crippen LogP contribution in [0.4, 0.5) is 0 Å². The molecule has 0 radical (unpaired) electrons. The van der Waals surface area contributed by atoms with Gasteiger partial charge in [-0.05, 0) is 67.6 Å². The highest BCUT2D eigenvalue weighted by atomic mass is 127. The van der Waals surface area contributed by atoms with Crippen LogP contribution in [-0.4, -0.2) is 49.6 Å². The fraction of sp³-hybridized carbons (Fsp3) is 0.722. The Morgan fingerprint density at radius 1 is 1.29 bits per heavy atom. The molecule has 2 atom stereocenters. The number of halogens is 1. The average Bonchev–Trinajstić information content (AvgIpc) is 3.26. The van der Waals surface area contributed by atoms with Gasteiger partial charge in [0, 0.05) is 19.1 Å². The lowest BCUT2D eigenvalue weighted by molar-refractivity contribution is 0.242. The van der Waals surface area contributed by atoms with E-state index in [1.165, 1.54) is 37.9 Å². The molecule has 138 valence electrons. The van der Waals surface area contributed by atoms with Crippen LogP contribution in [0.25, 0.3) is 0 Å². The van der Waals surface area contributed by atoms with E-state index in [0.29, 0.717) is 12.0 Å². The summed E-state index contributed by atoms with van der Waals surface area (Å²) >= 11 is 1.76. The highest BCUT2D eigenvalue weighted by molar-refractivity contribution is 14.0. The van der Waals surface area contributed by atoms with Gasteiger partial charge in [0.05, 0.1) is 6.54 Å². The molecular weight excluding hydrogens is 431 g/mol. The van der Waals surface area contributed by atoms with Crippen LogP contribution < -0.4 is 10.6 Å². The van der Waals surface area contributed by atoms with Crippen LogP contribution in [0, 0.1) is 0 Å². The molecule has 0 aliphatic carbocycles. The van der Waals surface area contributed by atoms with Crippen molar-refractivity contribution in [2.24, 2.45) is 4.99 Å². The Kier molecular flexibility index (Phi) is 10.9. The van der Waals surface area contributed by atoms with E-state index in [1.54, 1.807) is 11.3 Å². The van der Waals surface area contributed by atoms with E-state index in [1.807, 2.05) is 0 Å². The van der Waals surface area contributed by atoms with Crippen LogP contribution in [0.3, 0.4) is 0 Å². The number of hydrogen-bond acceptors (Lipinski definition) is 3. The Balaban J connectivity index is 0.00000288. The summed E-state index contributed by atoms with van der Waals surface area (Å²) in [5.74, 6) is 1.46. The molecule has 0 amide bonds. The molecule has 2 heterocycles. The first-order valence-corrected chi connectivity index (χ1v) is 9.97. The molecule has 1 aromatic rings. The van der Waals surface area contributed by atoms with Crippen molar-refractivity contribution in [1.29, 1.82) is 0 Å². The van der Waals surface area contributed by atoms with Crippen LogP contribution >= 0.6 is 35.3 Å². The minimum atomic E-state index is 0.